The Balaban J connectivity index is 0.00000169. The number of nitrogens with two attached hydrogens (primary N) is 1. The Morgan fingerprint density at radius 3 is 2.50 bits per heavy atom. The highest BCUT2D eigenvalue weighted by Gasteiger charge is 2.40. The molecule has 0 unspecified atom stereocenters. The summed E-state index contributed by atoms with van der Waals surface area (Å²) in [4.78, 5) is 11.5. The predicted molar refractivity (Wildman–Crippen MR) is 55.4 cm³/mol. The van der Waals surface area contributed by atoms with Gasteiger partial charge in [0.05, 0.1) is 12.5 Å². The van der Waals surface area contributed by atoms with Crippen molar-refractivity contribution >= 4 is 18.4 Å². The van der Waals surface area contributed by atoms with E-state index >= 15 is 0 Å². The van der Waals surface area contributed by atoms with Gasteiger partial charge >= 0.3 is 5.97 Å². The highest BCUT2D eigenvalue weighted by molar-refractivity contribution is 5.85. The van der Waals surface area contributed by atoms with Crippen LogP contribution >= 0.6 is 12.4 Å². The molecule has 0 spiro atoms. The van der Waals surface area contributed by atoms with Gasteiger partial charge in [0.15, 0.2) is 0 Å². The summed E-state index contributed by atoms with van der Waals surface area (Å²) in [7, 11) is 1.43. The summed E-state index contributed by atoms with van der Waals surface area (Å²) in [6, 6.07) is 0. The van der Waals surface area contributed by atoms with E-state index in [-0.39, 0.29) is 23.8 Å². The minimum atomic E-state index is -0.373. The van der Waals surface area contributed by atoms with Gasteiger partial charge in [-0.3, -0.25) is 4.79 Å². The average Bonchev–Trinajstić information content (AvgIpc) is 2.18. The summed E-state index contributed by atoms with van der Waals surface area (Å²) in [5.41, 5.74) is 5.12. The van der Waals surface area contributed by atoms with Gasteiger partial charge < -0.3 is 15.2 Å². The van der Waals surface area contributed by atoms with Crippen LogP contribution in [0, 0.1) is 5.41 Å². The van der Waals surface area contributed by atoms with Gasteiger partial charge in [-0.05, 0) is 25.8 Å². The SMILES string of the molecule is COC(=O)C1(CCN)CCOCC1.Cl. The molecule has 0 aromatic heterocycles. The van der Waals surface area contributed by atoms with Gasteiger partial charge in [-0.15, -0.1) is 12.4 Å². The van der Waals surface area contributed by atoms with Crippen LogP contribution in [-0.2, 0) is 14.3 Å². The molecule has 0 radical (unpaired) electrons. The van der Waals surface area contributed by atoms with Gasteiger partial charge in [0.2, 0.25) is 0 Å². The minimum Gasteiger partial charge on any atom is -0.469 e. The van der Waals surface area contributed by atoms with Crippen molar-refractivity contribution in [3.05, 3.63) is 0 Å². The molecule has 0 amide bonds. The van der Waals surface area contributed by atoms with Crippen molar-refractivity contribution in [3.63, 3.8) is 0 Å². The van der Waals surface area contributed by atoms with E-state index in [4.69, 9.17) is 15.2 Å². The molecule has 84 valence electrons. The summed E-state index contributed by atoms with van der Waals surface area (Å²) >= 11 is 0. The Bertz CT molecular complexity index is 175. The van der Waals surface area contributed by atoms with E-state index in [0.29, 0.717) is 26.2 Å². The molecule has 14 heavy (non-hydrogen) atoms. The first-order valence-corrected chi connectivity index (χ1v) is 4.61. The van der Waals surface area contributed by atoms with E-state index < -0.39 is 0 Å². The van der Waals surface area contributed by atoms with Crippen LogP contribution in [0.2, 0.25) is 0 Å². The van der Waals surface area contributed by atoms with Crippen LogP contribution in [0.3, 0.4) is 0 Å². The Morgan fingerprint density at radius 1 is 1.50 bits per heavy atom. The highest BCUT2D eigenvalue weighted by Crippen LogP contribution is 2.34. The lowest BCUT2D eigenvalue weighted by Gasteiger charge is -2.33. The van der Waals surface area contributed by atoms with Gasteiger partial charge in [-0.1, -0.05) is 0 Å². The molecule has 2 N–H and O–H groups in total. The monoisotopic (exact) mass is 223 g/mol. The summed E-state index contributed by atoms with van der Waals surface area (Å²) in [5.74, 6) is -0.138. The quantitative estimate of drug-likeness (QED) is 0.717. The lowest BCUT2D eigenvalue weighted by atomic mass is 9.77. The maximum atomic E-state index is 11.5. The van der Waals surface area contributed by atoms with Gasteiger partial charge in [-0.25, -0.2) is 0 Å². The number of rotatable bonds is 3. The third-order valence-corrected chi connectivity index (χ3v) is 2.69. The van der Waals surface area contributed by atoms with Crippen molar-refractivity contribution in [1.29, 1.82) is 0 Å². The van der Waals surface area contributed by atoms with Gasteiger partial charge in [-0.2, -0.15) is 0 Å². The number of carbonyl (C=O) groups excluding carboxylic acids is 1. The number of ether oxygens (including phenoxy) is 2. The fourth-order valence-electron chi connectivity index (χ4n) is 1.81. The highest BCUT2D eigenvalue weighted by atomic mass is 35.5. The van der Waals surface area contributed by atoms with Crippen molar-refractivity contribution < 1.29 is 14.3 Å². The van der Waals surface area contributed by atoms with E-state index in [0.717, 1.165) is 12.8 Å². The minimum absolute atomic E-state index is 0. The lowest BCUT2D eigenvalue weighted by molar-refractivity contribution is -0.159. The largest absolute Gasteiger partial charge is 0.469 e. The van der Waals surface area contributed by atoms with E-state index in [9.17, 15) is 4.79 Å². The average molecular weight is 224 g/mol. The molecule has 5 heteroatoms. The molecule has 1 fully saturated rings. The van der Waals surface area contributed by atoms with Crippen LogP contribution in [0.4, 0.5) is 0 Å². The molecule has 1 heterocycles. The zero-order chi connectivity index (χ0) is 9.73. The Morgan fingerprint density at radius 2 is 2.07 bits per heavy atom. The Kier molecular flexibility index (Phi) is 6.08. The van der Waals surface area contributed by atoms with Crippen molar-refractivity contribution in [3.8, 4) is 0 Å². The third-order valence-electron chi connectivity index (χ3n) is 2.69. The maximum absolute atomic E-state index is 11.5. The van der Waals surface area contributed by atoms with Crippen LogP contribution in [-0.4, -0.2) is 32.8 Å². The molecule has 0 bridgehead atoms. The molecule has 1 saturated heterocycles. The first-order valence-electron chi connectivity index (χ1n) is 4.61. The first kappa shape index (κ1) is 13.7. The molecule has 1 rings (SSSR count). The molecule has 1 aliphatic heterocycles. The molecule has 0 aromatic rings. The van der Waals surface area contributed by atoms with Gasteiger partial charge in [0.1, 0.15) is 0 Å². The molecule has 0 aliphatic carbocycles. The van der Waals surface area contributed by atoms with E-state index in [1.54, 1.807) is 0 Å². The Hall–Kier alpha value is -0.320. The number of methoxy groups -OCH3 is 1. The molecular formula is C9H18ClNO3. The molecular weight excluding hydrogens is 206 g/mol. The molecule has 1 aliphatic rings. The second-order valence-corrected chi connectivity index (χ2v) is 3.42. The van der Waals surface area contributed by atoms with E-state index in [2.05, 4.69) is 0 Å². The molecule has 4 nitrogen and oxygen atoms in total. The zero-order valence-electron chi connectivity index (χ0n) is 8.45. The lowest BCUT2D eigenvalue weighted by Crippen LogP contribution is -2.39. The van der Waals surface area contributed by atoms with Crippen LogP contribution in [0.15, 0.2) is 0 Å². The topological polar surface area (TPSA) is 61.5 Å². The van der Waals surface area contributed by atoms with E-state index in [1.165, 1.54) is 7.11 Å². The molecule has 0 atom stereocenters. The summed E-state index contributed by atoms with van der Waals surface area (Å²) < 4.78 is 10.0. The van der Waals surface area contributed by atoms with E-state index in [1.807, 2.05) is 0 Å². The van der Waals surface area contributed by atoms with Crippen molar-refractivity contribution in [2.75, 3.05) is 26.9 Å². The number of hydrogen-bond acceptors (Lipinski definition) is 4. The second-order valence-electron chi connectivity index (χ2n) is 3.42. The predicted octanol–water partition coefficient (Wildman–Crippen LogP) is 0.727. The van der Waals surface area contributed by atoms with Crippen molar-refractivity contribution in [2.24, 2.45) is 11.1 Å². The number of esters is 1. The Labute approximate surface area is 90.5 Å². The van der Waals surface area contributed by atoms with Crippen LogP contribution in [0.1, 0.15) is 19.3 Å². The fraction of sp³-hybridized carbons (Fsp3) is 0.889. The third kappa shape index (κ3) is 2.83. The number of carbonyl (C=O) groups is 1. The maximum Gasteiger partial charge on any atom is 0.312 e. The standard InChI is InChI=1S/C9H17NO3.ClH/c1-12-8(11)9(2-5-10)3-6-13-7-4-9;/h2-7,10H2,1H3;1H. The smallest absolute Gasteiger partial charge is 0.312 e. The van der Waals surface area contributed by atoms with Crippen molar-refractivity contribution in [2.45, 2.75) is 19.3 Å². The molecule has 0 aromatic carbocycles. The van der Waals surface area contributed by atoms with Gasteiger partial charge in [0.25, 0.3) is 0 Å². The zero-order valence-corrected chi connectivity index (χ0v) is 9.27. The van der Waals surface area contributed by atoms with Crippen LogP contribution < -0.4 is 5.73 Å². The van der Waals surface area contributed by atoms with Crippen LogP contribution in [0.25, 0.3) is 0 Å². The number of halogens is 1. The molecule has 0 saturated carbocycles. The van der Waals surface area contributed by atoms with Gasteiger partial charge in [0, 0.05) is 13.2 Å². The normalized spacial score (nSPS) is 19.6. The first-order chi connectivity index (χ1) is 6.25. The summed E-state index contributed by atoms with van der Waals surface area (Å²) in [5, 5.41) is 0. The fourth-order valence-corrected chi connectivity index (χ4v) is 1.81. The van der Waals surface area contributed by atoms with Crippen molar-refractivity contribution in [1.82, 2.24) is 0 Å². The summed E-state index contributed by atoms with van der Waals surface area (Å²) in [6.45, 7) is 1.79. The number of hydrogen-bond donors (Lipinski definition) is 1. The van der Waals surface area contributed by atoms with Crippen LogP contribution in [0.5, 0.6) is 0 Å². The second kappa shape index (κ2) is 6.22. The summed E-state index contributed by atoms with van der Waals surface area (Å²) in [6.07, 6.45) is 2.16.